The molecule has 23 heavy (non-hydrogen) atoms. The molecular weight excluding hydrogens is 328 g/mol. The lowest BCUT2D eigenvalue weighted by molar-refractivity contribution is -0.119. The summed E-state index contributed by atoms with van der Waals surface area (Å²) in [5.41, 5.74) is 7.64. The molecule has 2 N–H and O–H groups in total. The number of carbonyl (C=O) groups excluding carboxylic acids is 1. The Morgan fingerprint density at radius 3 is 2.74 bits per heavy atom. The molecule has 2 aromatic rings. The molecule has 0 bridgehead atoms. The lowest BCUT2D eigenvalue weighted by Crippen LogP contribution is -2.35. The number of aromatic nitrogens is 1. The summed E-state index contributed by atoms with van der Waals surface area (Å²) in [6.45, 7) is 3.89. The Morgan fingerprint density at radius 1 is 1.39 bits per heavy atom. The second-order valence-corrected chi connectivity index (χ2v) is 6.66. The molecule has 0 aliphatic rings. The lowest BCUT2D eigenvalue weighted by Gasteiger charge is -2.05. The highest BCUT2D eigenvalue weighted by molar-refractivity contribution is 8.00. The first kappa shape index (κ1) is 17.1. The van der Waals surface area contributed by atoms with Crippen LogP contribution in [-0.2, 0) is 4.79 Å². The van der Waals surface area contributed by atoms with Crippen LogP contribution in [0.25, 0.3) is 5.57 Å². The summed E-state index contributed by atoms with van der Waals surface area (Å²) in [4.78, 5) is 17.0. The van der Waals surface area contributed by atoms with Crippen molar-refractivity contribution in [2.75, 3.05) is 5.75 Å². The van der Waals surface area contributed by atoms with Gasteiger partial charge in [-0.05, 0) is 26.0 Å². The van der Waals surface area contributed by atoms with Crippen molar-refractivity contribution >= 4 is 34.6 Å². The van der Waals surface area contributed by atoms with Crippen LogP contribution in [0.5, 0.6) is 0 Å². The molecule has 7 heteroatoms. The molecule has 0 saturated carbocycles. The Bertz CT molecular complexity index is 744. The van der Waals surface area contributed by atoms with Crippen molar-refractivity contribution in [3.63, 3.8) is 0 Å². The standard InChI is InChI=1S/C16H16N4OS2/c1-11-3-5-14(6-4-11)22-10-15(21)20-18-8-13(7-17)16-19-12(2)9-23-16/h3-6,8-9,18H,10H2,1-2H3,(H,20,21)/b13-8+. The van der Waals surface area contributed by atoms with Crippen LogP contribution in [0.15, 0.2) is 40.7 Å². The van der Waals surface area contributed by atoms with Crippen LogP contribution in [-0.4, -0.2) is 16.6 Å². The van der Waals surface area contributed by atoms with Crippen LogP contribution in [0.2, 0.25) is 0 Å². The van der Waals surface area contributed by atoms with Crippen molar-refractivity contribution in [2.45, 2.75) is 18.7 Å². The molecule has 0 fully saturated rings. The minimum Gasteiger partial charge on any atom is -0.304 e. The summed E-state index contributed by atoms with van der Waals surface area (Å²) in [5, 5.41) is 11.6. The van der Waals surface area contributed by atoms with Crippen LogP contribution in [0.3, 0.4) is 0 Å². The van der Waals surface area contributed by atoms with Crippen molar-refractivity contribution in [3.8, 4) is 6.07 Å². The predicted molar refractivity (Wildman–Crippen MR) is 93.6 cm³/mol. The second kappa shape index (κ2) is 8.36. The predicted octanol–water partition coefficient (Wildman–Crippen LogP) is 3.04. The van der Waals surface area contributed by atoms with E-state index in [0.717, 1.165) is 10.6 Å². The van der Waals surface area contributed by atoms with E-state index in [9.17, 15) is 4.79 Å². The average molecular weight is 344 g/mol. The third-order valence-electron chi connectivity index (χ3n) is 2.79. The molecule has 2 rings (SSSR count). The fourth-order valence-corrected chi connectivity index (χ4v) is 3.09. The summed E-state index contributed by atoms with van der Waals surface area (Å²) in [6, 6.07) is 10.0. The molecule has 0 spiro atoms. The van der Waals surface area contributed by atoms with Gasteiger partial charge in [-0.3, -0.25) is 10.2 Å². The van der Waals surface area contributed by atoms with E-state index in [1.54, 1.807) is 0 Å². The number of hydrazine groups is 1. The van der Waals surface area contributed by atoms with Gasteiger partial charge in [0.1, 0.15) is 16.6 Å². The summed E-state index contributed by atoms with van der Waals surface area (Å²) in [5.74, 6) is 0.127. The van der Waals surface area contributed by atoms with E-state index < -0.39 is 0 Å². The van der Waals surface area contributed by atoms with E-state index in [2.05, 4.69) is 21.9 Å². The van der Waals surface area contributed by atoms with Gasteiger partial charge in [-0.1, -0.05) is 17.7 Å². The van der Waals surface area contributed by atoms with Crippen molar-refractivity contribution in [2.24, 2.45) is 0 Å². The van der Waals surface area contributed by atoms with Gasteiger partial charge in [0.2, 0.25) is 5.91 Å². The molecule has 0 saturated heterocycles. The zero-order valence-electron chi connectivity index (χ0n) is 12.8. The molecule has 0 unspecified atom stereocenters. The summed E-state index contributed by atoms with van der Waals surface area (Å²) < 4.78 is 0. The molecule has 0 atom stereocenters. The Kier molecular flexibility index (Phi) is 6.20. The van der Waals surface area contributed by atoms with E-state index in [0.29, 0.717) is 16.3 Å². The summed E-state index contributed by atoms with van der Waals surface area (Å²) in [6.07, 6.45) is 1.45. The van der Waals surface area contributed by atoms with Crippen molar-refractivity contribution in [1.82, 2.24) is 15.8 Å². The van der Waals surface area contributed by atoms with E-state index in [1.165, 1.54) is 34.9 Å². The topological polar surface area (TPSA) is 77.8 Å². The Balaban J connectivity index is 1.80. The van der Waals surface area contributed by atoms with Crippen molar-refractivity contribution < 1.29 is 4.79 Å². The number of nitrogens with zero attached hydrogens (tertiary/aromatic N) is 2. The van der Waals surface area contributed by atoms with Gasteiger partial charge in [-0.25, -0.2) is 4.98 Å². The first-order chi connectivity index (χ1) is 11.1. The summed E-state index contributed by atoms with van der Waals surface area (Å²) >= 11 is 2.84. The number of benzene rings is 1. The minimum atomic E-state index is -0.167. The van der Waals surface area contributed by atoms with Crippen LogP contribution < -0.4 is 10.9 Å². The minimum absolute atomic E-state index is 0.167. The largest absolute Gasteiger partial charge is 0.304 e. The second-order valence-electron chi connectivity index (χ2n) is 4.76. The number of thiazole rings is 1. The smallest absolute Gasteiger partial charge is 0.248 e. The highest BCUT2D eigenvalue weighted by Crippen LogP contribution is 2.18. The number of thioether (sulfide) groups is 1. The molecule has 5 nitrogen and oxygen atoms in total. The van der Waals surface area contributed by atoms with Crippen LogP contribution in [0, 0.1) is 25.2 Å². The van der Waals surface area contributed by atoms with Crippen LogP contribution >= 0.6 is 23.1 Å². The maximum Gasteiger partial charge on any atom is 0.248 e. The number of nitriles is 1. The molecule has 1 heterocycles. The monoisotopic (exact) mass is 344 g/mol. The molecule has 0 aliphatic heterocycles. The fraction of sp³-hybridized carbons (Fsp3) is 0.188. The van der Waals surface area contributed by atoms with Gasteiger partial charge in [0.25, 0.3) is 0 Å². The maximum atomic E-state index is 11.8. The number of allylic oxidation sites excluding steroid dienone is 1. The van der Waals surface area contributed by atoms with Gasteiger partial charge in [0.15, 0.2) is 0 Å². The molecule has 1 aromatic carbocycles. The molecule has 1 amide bonds. The van der Waals surface area contributed by atoms with Gasteiger partial charge in [0.05, 0.1) is 5.75 Å². The number of amides is 1. The van der Waals surface area contributed by atoms with Gasteiger partial charge >= 0.3 is 0 Å². The molecule has 0 aliphatic carbocycles. The number of nitrogens with one attached hydrogen (secondary N) is 2. The molecule has 1 aromatic heterocycles. The van der Waals surface area contributed by atoms with E-state index >= 15 is 0 Å². The lowest BCUT2D eigenvalue weighted by atomic mass is 10.2. The average Bonchev–Trinajstić information content (AvgIpc) is 2.97. The first-order valence-corrected chi connectivity index (χ1v) is 8.71. The van der Waals surface area contributed by atoms with Crippen LogP contribution in [0.1, 0.15) is 16.3 Å². The Morgan fingerprint density at radius 2 is 2.13 bits per heavy atom. The van der Waals surface area contributed by atoms with Gasteiger partial charge in [-0.15, -0.1) is 23.1 Å². The Hall–Kier alpha value is -2.30. The van der Waals surface area contributed by atoms with Gasteiger partial charge < -0.3 is 5.43 Å². The number of rotatable bonds is 6. The molecule has 0 radical (unpaired) electrons. The number of hydrogen-bond acceptors (Lipinski definition) is 6. The molecule has 118 valence electrons. The third-order valence-corrected chi connectivity index (χ3v) is 4.79. The van der Waals surface area contributed by atoms with Gasteiger partial charge in [-0.2, -0.15) is 5.26 Å². The zero-order valence-corrected chi connectivity index (χ0v) is 14.4. The van der Waals surface area contributed by atoms with Gasteiger partial charge in [0, 0.05) is 22.2 Å². The maximum absolute atomic E-state index is 11.8. The molecular formula is C16H16N4OS2. The first-order valence-electron chi connectivity index (χ1n) is 6.85. The zero-order chi connectivity index (χ0) is 16.7. The summed E-state index contributed by atoms with van der Waals surface area (Å²) in [7, 11) is 0. The number of carbonyl (C=O) groups is 1. The Labute approximate surface area is 143 Å². The van der Waals surface area contributed by atoms with Crippen molar-refractivity contribution in [1.29, 1.82) is 5.26 Å². The quantitative estimate of drug-likeness (QED) is 0.478. The van der Waals surface area contributed by atoms with E-state index in [4.69, 9.17) is 5.26 Å². The number of hydrogen-bond donors (Lipinski definition) is 2. The third kappa shape index (κ3) is 5.43. The van der Waals surface area contributed by atoms with E-state index in [-0.39, 0.29) is 5.91 Å². The normalized spacial score (nSPS) is 10.9. The number of aryl methyl sites for hydroxylation is 2. The fourth-order valence-electron chi connectivity index (χ4n) is 1.63. The highest BCUT2D eigenvalue weighted by atomic mass is 32.2. The highest BCUT2D eigenvalue weighted by Gasteiger charge is 2.06. The van der Waals surface area contributed by atoms with Crippen LogP contribution in [0.4, 0.5) is 0 Å². The van der Waals surface area contributed by atoms with Crippen molar-refractivity contribution in [3.05, 3.63) is 52.1 Å². The SMILES string of the molecule is Cc1ccc(SCC(=O)NN/C=C(\C#N)c2nc(C)cs2)cc1. The van der Waals surface area contributed by atoms with E-state index in [1.807, 2.05) is 43.5 Å².